The van der Waals surface area contributed by atoms with Crippen LogP contribution in [0.5, 0.6) is 0 Å². The second-order valence-corrected chi connectivity index (χ2v) is 7.72. The number of halogens is 1. The average Bonchev–Trinajstić information content (AvgIpc) is 2.58. The largest absolute Gasteiger partial charge is 0.498 e. The van der Waals surface area contributed by atoms with E-state index in [0.29, 0.717) is 19.5 Å². The molecule has 1 saturated heterocycles. The number of benzene rings is 1. The number of nitrogens with zero attached hydrogens (tertiary/aromatic N) is 4. The first-order chi connectivity index (χ1) is 12.8. The summed E-state index contributed by atoms with van der Waals surface area (Å²) in [4.78, 5) is 23.0. The van der Waals surface area contributed by atoms with E-state index in [1.54, 1.807) is 11.1 Å². The quantitative estimate of drug-likeness (QED) is 0.444. The van der Waals surface area contributed by atoms with Crippen molar-refractivity contribution in [3.05, 3.63) is 28.8 Å². The predicted octanol–water partition coefficient (Wildman–Crippen LogP) is 3.99. The van der Waals surface area contributed by atoms with Crippen molar-refractivity contribution in [2.24, 2.45) is 9.98 Å². The molecule has 1 aromatic rings. The molecule has 1 unspecified atom stereocenters. The highest BCUT2D eigenvalue weighted by molar-refractivity contribution is 6.65. The van der Waals surface area contributed by atoms with Gasteiger partial charge in [-0.05, 0) is 56.5 Å². The number of ether oxygens (including phenoxy) is 1. The molecule has 3 rings (SSSR count). The van der Waals surface area contributed by atoms with Crippen molar-refractivity contribution in [2.75, 3.05) is 13.1 Å². The Bertz CT molecular complexity index is 826. The number of likely N-dealkylation sites (tertiary alicyclic amines) is 1. The Labute approximate surface area is 165 Å². The number of rotatable bonds is 4. The van der Waals surface area contributed by atoms with Gasteiger partial charge in [0.15, 0.2) is 0 Å². The molecule has 27 heavy (non-hydrogen) atoms. The van der Waals surface area contributed by atoms with Gasteiger partial charge in [-0.3, -0.25) is 0 Å². The third kappa shape index (κ3) is 4.28. The highest BCUT2D eigenvalue weighted by Crippen LogP contribution is 2.33. The summed E-state index contributed by atoms with van der Waals surface area (Å²) in [6.07, 6.45) is 2.74. The van der Waals surface area contributed by atoms with E-state index in [4.69, 9.17) is 16.3 Å². The third-order valence-corrected chi connectivity index (χ3v) is 5.01. The van der Waals surface area contributed by atoms with Crippen LogP contribution in [0.3, 0.4) is 0 Å². The molecule has 0 radical (unpaired) electrons. The molecule has 1 fully saturated rings. The number of carbonyl (C=O) groups is 1. The summed E-state index contributed by atoms with van der Waals surface area (Å²) in [7, 11) is 0. The first kappa shape index (κ1) is 19.7. The summed E-state index contributed by atoms with van der Waals surface area (Å²) in [6.45, 7) is 13.2. The fraction of sp³-hybridized carbons (Fsp3) is 0.500. The molecule has 2 heterocycles. The Hall–Kier alpha value is -2.05. The molecule has 2 aliphatic heterocycles. The van der Waals surface area contributed by atoms with Gasteiger partial charge in [0.1, 0.15) is 24.9 Å². The van der Waals surface area contributed by atoms with Crippen LogP contribution >= 0.6 is 11.6 Å². The van der Waals surface area contributed by atoms with Crippen molar-refractivity contribution >= 4 is 41.5 Å². The van der Waals surface area contributed by atoms with Crippen molar-refractivity contribution in [1.82, 2.24) is 4.90 Å². The number of urea groups is 1. The molecule has 0 bridgehead atoms. The van der Waals surface area contributed by atoms with E-state index in [0.717, 1.165) is 22.4 Å². The second-order valence-electron chi connectivity index (χ2n) is 7.38. The van der Waals surface area contributed by atoms with Crippen LogP contribution in [-0.4, -0.2) is 59.0 Å². The number of carbonyl (C=O) groups excluding carboxylic acids is 1. The van der Waals surface area contributed by atoms with Gasteiger partial charge < -0.3 is 4.74 Å². The molecule has 0 saturated carbocycles. The molecule has 0 spiro atoms. The van der Waals surface area contributed by atoms with Crippen LogP contribution in [0.4, 0.5) is 10.5 Å². The number of amides is 2. The predicted molar refractivity (Wildman–Crippen MR) is 109 cm³/mol. The first-order valence-electron chi connectivity index (χ1n) is 9.18. The average molecular weight is 390 g/mol. The summed E-state index contributed by atoms with van der Waals surface area (Å²) in [6, 6.07) is 3.86. The lowest BCUT2D eigenvalue weighted by Crippen LogP contribution is -2.56. The van der Waals surface area contributed by atoms with Crippen LogP contribution in [0.1, 0.15) is 43.0 Å². The highest BCUT2D eigenvalue weighted by Gasteiger charge is 2.41. The molecular formula is C20H26ClN4O2+. The smallest absolute Gasteiger partial charge is 0.367 e. The molecule has 6 nitrogen and oxygen atoms in total. The molecule has 7 heteroatoms. The Balaban J connectivity index is 1.79. The zero-order valence-electron chi connectivity index (χ0n) is 16.3. The van der Waals surface area contributed by atoms with Gasteiger partial charge >= 0.3 is 6.03 Å². The van der Waals surface area contributed by atoms with Crippen LogP contribution < -0.4 is 0 Å². The summed E-state index contributed by atoms with van der Waals surface area (Å²) in [5, 5.41) is 0.257. The van der Waals surface area contributed by atoms with E-state index < -0.39 is 0 Å². The topological polar surface area (TPSA) is 57.3 Å². The van der Waals surface area contributed by atoms with Gasteiger partial charge in [0, 0.05) is 18.2 Å². The van der Waals surface area contributed by atoms with Gasteiger partial charge in [-0.15, -0.1) is 0 Å². The second kappa shape index (κ2) is 7.90. The monoisotopic (exact) mass is 389 g/mol. The fourth-order valence-electron chi connectivity index (χ4n) is 3.47. The van der Waals surface area contributed by atoms with Crippen LogP contribution in [0.15, 0.2) is 22.1 Å². The molecular weight excluding hydrogens is 364 g/mol. The lowest BCUT2D eigenvalue weighted by atomic mass is 9.95. The standard InChI is InChI=1S/C20H26ClN4O2/c1-12(2)27-15-10-25(11-15)20(26)24(5)18-9-13(3)8-16(14(18)4)17-6-7-22-19(21)23-17/h7-9,12,15,17H,5-6,10-11H2,1-4H3/q+1. The van der Waals surface area contributed by atoms with Crippen molar-refractivity contribution in [1.29, 1.82) is 0 Å². The minimum Gasteiger partial charge on any atom is -0.367 e. The van der Waals surface area contributed by atoms with Gasteiger partial charge in [-0.1, -0.05) is 6.07 Å². The van der Waals surface area contributed by atoms with Gasteiger partial charge in [0.2, 0.25) is 5.29 Å². The van der Waals surface area contributed by atoms with Crippen molar-refractivity contribution < 1.29 is 14.1 Å². The lowest BCUT2D eigenvalue weighted by Gasteiger charge is -2.33. The maximum absolute atomic E-state index is 12.8. The van der Waals surface area contributed by atoms with E-state index in [1.165, 1.54) is 4.58 Å². The van der Waals surface area contributed by atoms with Crippen LogP contribution in [0.25, 0.3) is 0 Å². The van der Waals surface area contributed by atoms with E-state index in [2.05, 4.69) is 22.8 Å². The maximum atomic E-state index is 12.8. The van der Waals surface area contributed by atoms with Gasteiger partial charge in [-0.25, -0.2) is 14.9 Å². The molecule has 1 aromatic carbocycles. The summed E-state index contributed by atoms with van der Waals surface area (Å²) in [5.74, 6) is 0. The Morgan fingerprint density at radius 2 is 2.07 bits per heavy atom. The van der Waals surface area contributed by atoms with Crippen LogP contribution in [-0.2, 0) is 4.74 Å². The molecule has 0 N–H and O–H groups in total. The highest BCUT2D eigenvalue weighted by atomic mass is 35.5. The molecule has 1 atom stereocenters. The SMILES string of the molecule is C=[N+](C(=O)N1CC(OC(C)C)C1)c1cc(C)cc(C2CC=NC(Cl)=N2)c1C. The lowest BCUT2D eigenvalue weighted by molar-refractivity contribution is -0.341. The van der Waals surface area contributed by atoms with Crippen LogP contribution in [0, 0.1) is 13.8 Å². The molecule has 2 amide bonds. The van der Waals surface area contributed by atoms with Crippen molar-refractivity contribution in [3.63, 3.8) is 0 Å². The summed E-state index contributed by atoms with van der Waals surface area (Å²) < 4.78 is 7.20. The Kier molecular flexibility index (Phi) is 5.77. The first-order valence-corrected chi connectivity index (χ1v) is 9.56. The van der Waals surface area contributed by atoms with E-state index in [9.17, 15) is 4.79 Å². The molecule has 0 aromatic heterocycles. The third-order valence-electron chi connectivity index (χ3n) is 4.82. The zero-order valence-corrected chi connectivity index (χ0v) is 17.0. The molecule has 0 aliphatic carbocycles. The maximum Gasteiger partial charge on any atom is 0.498 e. The van der Waals surface area contributed by atoms with E-state index >= 15 is 0 Å². The number of hydrogen-bond acceptors (Lipinski definition) is 4. The number of aryl methyl sites for hydroxylation is 1. The summed E-state index contributed by atoms with van der Waals surface area (Å²) in [5.41, 5.74) is 3.86. The summed E-state index contributed by atoms with van der Waals surface area (Å²) >= 11 is 5.98. The minimum atomic E-state index is -0.120. The molecule has 2 aliphatic rings. The van der Waals surface area contributed by atoms with Gasteiger partial charge in [0.05, 0.1) is 18.9 Å². The Morgan fingerprint density at radius 1 is 1.37 bits per heavy atom. The van der Waals surface area contributed by atoms with Crippen molar-refractivity contribution in [3.8, 4) is 0 Å². The minimum absolute atomic E-state index is 0.0926. The normalized spacial score (nSPS) is 19.9. The number of hydrogen-bond donors (Lipinski definition) is 0. The van der Waals surface area contributed by atoms with Crippen molar-refractivity contribution in [2.45, 2.75) is 52.4 Å². The number of aliphatic imine (C=N–C) groups is 2. The number of amidine groups is 1. The van der Waals surface area contributed by atoms with E-state index in [1.807, 2.05) is 33.8 Å². The fourth-order valence-corrected chi connectivity index (χ4v) is 3.66. The van der Waals surface area contributed by atoms with E-state index in [-0.39, 0.29) is 29.6 Å². The van der Waals surface area contributed by atoms with Gasteiger partial charge in [0.25, 0.3) is 0 Å². The zero-order chi connectivity index (χ0) is 19.7. The Morgan fingerprint density at radius 3 is 2.70 bits per heavy atom. The molecule has 144 valence electrons. The van der Waals surface area contributed by atoms with Gasteiger partial charge in [-0.2, -0.15) is 9.37 Å². The van der Waals surface area contributed by atoms with Crippen LogP contribution in [0.2, 0.25) is 0 Å².